The first-order valence-corrected chi connectivity index (χ1v) is 6.99. The van der Waals surface area contributed by atoms with E-state index in [1.807, 2.05) is 12.1 Å². The molecule has 2 aromatic rings. The van der Waals surface area contributed by atoms with Crippen molar-refractivity contribution in [3.05, 3.63) is 76.7 Å². The fraction of sp³-hybridized carbons (Fsp3) is 0.118. The van der Waals surface area contributed by atoms with E-state index in [0.29, 0.717) is 10.6 Å². The molecule has 2 nitrogen and oxygen atoms in total. The van der Waals surface area contributed by atoms with Gasteiger partial charge in [-0.1, -0.05) is 42.8 Å². The summed E-state index contributed by atoms with van der Waals surface area (Å²) >= 11 is 5.67. The van der Waals surface area contributed by atoms with Crippen molar-refractivity contribution in [2.45, 2.75) is 13.3 Å². The molecule has 0 unspecified atom stereocenters. The molecule has 0 aliphatic rings. The lowest BCUT2D eigenvalue weighted by atomic mass is 10.1. The van der Waals surface area contributed by atoms with E-state index in [2.05, 4.69) is 12.2 Å². The summed E-state index contributed by atoms with van der Waals surface area (Å²) in [6, 6.07) is 11.7. The van der Waals surface area contributed by atoms with Gasteiger partial charge in [-0.2, -0.15) is 0 Å². The Bertz CT molecular complexity index is 665. The minimum atomic E-state index is -0.466. The molecule has 2 rings (SSSR count). The van der Waals surface area contributed by atoms with Crippen LogP contribution in [0.25, 0.3) is 0 Å². The zero-order valence-corrected chi connectivity index (χ0v) is 12.3. The predicted molar refractivity (Wildman–Crippen MR) is 84.3 cm³/mol. The number of ketones is 1. The van der Waals surface area contributed by atoms with E-state index >= 15 is 0 Å². The summed E-state index contributed by atoms with van der Waals surface area (Å²) < 4.78 is 13.5. The van der Waals surface area contributed by atoms with Crippen LogP contribution < -0.4 is 5.32 Å². The smallest absolute Gasteiger partial charge is 0.187 e. The second-order valence-corrected chi connectivity index (χ2v) is 4.95. The molecule has 2 aromatic carbocycles. The first kappa shape index (κ1) is 15.3. The average Bonchev–Trinajstić information content (AvgIpc) is 2.49. The first-order valence-electron chi connectivity index (χ1n) is 6.61. The molecule has 0 amide bonds. The van der Waals surface area contributed by atoms with Crippen molar-refractivity contribution >= 4 is 23.1 Å². The minimum absolute atomic E-state index is 0.139. The fourth-order valence-corrected chi connectivity index (χ4v) is 1.97. The summed E-state index contributed by atoms with van der Waals surface area (Å²) in [6.45, 7) is 2.06. The molecule has 0 spiro atoms. The normalized spacial score (nSPS) is 10.8. The van der Waals surface area contributed by atoms with Crippen molar-refractivity contribution < 1.29 is 9.18 Å². The lowest BCUT2D eigenvalue weighted by molar-refractivity contribution is 0.104. The van der Waals surface area contributed by atoms with Gasteiger partial charge < -0.3 is 5.32 Å². The fourth-order valence-electron chi connectivity index (χ4n) is 1.81. The van der Waals surface area contributed by atoms with E-state index in [1.54, 1.807) is 18.2 Å². The predicted octanol–water partition coefficient (Wildman–Crippen LogP) is 4.85. The van der Waals surface area contributed by atoms with Crippen molar-refractivity contribution in [1.82, 2.24) is 0 Å². The van der Waals surface area contributed by atoms with Crippen LogP contribution in [0.1, 0.15) is 22.8 Å². The number of carbonyl (C=O) groups is 1. The molecule has 0 saturated carbocycles. The summed E-state index contributed by atoms with van der Waals surface area (Å²) in [5.41, 5.74) is 2.04. The molecule has 0 bridgehead atoms. The van der Waals surface area contributed by atoms with E-state index < -0.39 is 5.82 Å². The third-order valence-corrected chi connectivity index (χ3v) is 3.29. The molecule has 4 heteroatoms. The molecule has 0 aliphatic heterocycles. The first-order chi connectivity index (χ1) is 10.1. The Balaban J connectivity index is 2.01. The summed E-state index contributed by atoms with van der Waals surface area (Å²) in [5, 5.41) is 3.06. The van der Waals surface area contributed by atoms with Crippen molar-refractivity contribution in [2.75, 3.05) is 5.32 Å². The van der Waals surface area contributed by atoms with Crippen molar-refractivity contribution in [2.24, 2.45) is 0 Å². The average molecular weight is 304 g/mol. The van der Waals surface area contributed by atoms with Gasteiger partial charge in [0.25, 0.3) is 0 Å². The molecule has 0 fully saturated rings. The highest BCUT2D eigenvalue weighted by molar-refractivity contribution is 6.30. The van der Waals surface area contributed by atoms with Crippen LogP contribution in [0.15, 0.2) is 54.7 Å². The molecular formula is C17H15ClFNO. The summed E-state index contributed by atoms with van der Waals surface area (Å²) in [5.74, 6) is -0.605. The topological polar surface area (TPSA) is 29.1 Å². The molecular weight excluding hydrogens is 289 g/mol. The van der Waals surface area contributed by atoms with E-state index in [4.69, 9.17) is 11.6 Å². The maximum Gasteiger partial charge on any atom is 0.187 e. The van der Waals surface area contributed by atoms with Crippen LogP contribution in [-0.4, -0.2) is 5.78 Å². The number of benzene rings is 2. The van der Waals surface area contributed by atoms with E-state index in [9.17, 15) is 9.18 Å². The summed E-state index contributed by atoms with van der Waals surface area (Å²) in [6.07, 6.45) is 3.72. The van der Waals surface area contributed by atoms with E-state index in [1.165, 1.54) is 30.0 Å². The van der Waals surface area contributed by atoms with Gasteiger partial charge in [0.05, 0.1) is 5.69 Å². The third-order valence-electron chi connectivity index (χ3n) is 3.05. The van der Waals surface area contributed by atoms with Gasteiger partial charge in [-0.25, -0.2) is 4.39 Å². The van der Waals surface area contributed by atoms with Gasteiger partial charge in [0.1, 0.15) is 5.82 Å². The highest BCUT2D eigenvalue weighted by atomic mass is 35.5. The lowest BCUT2D eigenvalue weighted by Gasteiger charge is -2.03. The number of nitrogens with one attached hydrogen (secondary N) is 1. The number of allylic oxidation sites excluding steroid dienone is 1. The molecule has 21 heavy (non-hydrogen) atoms. The Morgan fingerprint density at radius 2 is 1.95 bits per heavy atom. The van der Waals surface area contributed by atoms with Crippen LogP contribution in [0, 0.1) is 5.82 Å². The Hall–Kier alpha value is -2.13. The number of rotatable bonds is 5. The highest BCUT2D eigenvalue weighted by Gasteiger charge is 2.03. The van der Waals surface area contributed by atoms with Crippen LogP contribution in [0.3, 0.4) is 0 Å². The second kappa shape index (κ2) is 7.04. The van der Waals surface area contributed by atoms with Gasteiger partial charge in [-0.3, -0.25) is 4.79 Å². The summed E-state index contributed by atoms with van der Waals surface area (Å²) in [4.78, 5) is 11.9. The maximum atomic E-state index is 13.5. The Kier molecular flexibility index (Phi) is 5.12. The molecule has 108 valence electrons. The number of carbonyl (C=O) groups excluding carboxylic acids is 1. The molecule has 0 radical (unpaired) electrons. The Labute approximate surface area is 128 Å². The quantitative estimate of drug-likeness (QED) is 0.632. The van der Waals surface area contributed by atoms with Gasteiger partial charge >= 0.3 is 0 Å². The van der Waals surface area contributed by atoms with Crippen LogP contribution in [-0.2, 0) is 6.42 Å². The lowest BCUT2D eigenvalue weighted by Crippen LogP contribution is -1.97. The minimum Gasteiger partial charge on any atom is -0.359 e. The molecule has 0 aromatic heterocycles. The third kappa shape index (κ3) is 4.17. The van der Waals surface area contributed by atoms with Crippen molar-refractivity contribution in [3.8, 4) is 0 Å². The monoisotopic (exact) mass is 303 g/mol. The molecule has 0 atom stereocenters. The molecule has 0 saturated heterocycles. The number of aryl methyl sites for hydroxylation is 1. The zero-order valence-electron chi connectivity index (χ0n) is 11.6. The van der Waals surface area contributed by atoms with Gasteiger partial charge in [0.2, 0.25) is 0 Å². The SMILES string of the molecule is CCc1ccc(C(=O)/C=C\Nc2ccc(Cl)cc2F)cc1. The molecule has 0 heterocycles. The Morgan fingerprint density at radius 1 is 1.24 bits per heavy atom. The van der Waals surface area contributed by atoms with Crippen molar-refractivity contribution in [3.63, 3.8) is 0 Å². The molecule has 0 aliphatic carbocycles. The number of hydrogen-bond acceptors (Lipinski definition) is 2. The van der Waals surface area contributed by atoms with Crippen molar-refractivity contribution in [1.29, 1.82) is 0 Å². The number of halogens is 2. The van der Waals surface area contributed by atoms with Crippen LogP contribution in [0.5, 0.6) is 0 Å². The van der Waals surface area contributed by atoms with Crippen LogP contribution in [0.2, 0.25) is 5.02 Å². The van der Waals surface area contributed by atoms with Crippen LogP contribution in [0.4, 0.5) is 10.1 Å². The van der Waals surface area contributed by atoms with E-state index in [0.717, 1.165) is 6.42 Å². The second-order valence-electron chi connectivity index (χ2n) is 4.52. The largest absolute Gasteiger partial charge is 0.359 e. The standard InChI is InChI=1S/C17H15ClFNO/c1-2-12-3-5-13(6-4-12)17(21)9-10-20-16-8-7-14(18)11-15(16)19/h3-11,20H,2H2,1H3/b10-9-. The summed E-state index contributed by atoms with van der Waals surface area (Å²) in [7, 11) is 0. The zero-order chi connectivity index (χ0) is 15.2. The Morgan fingerprint density at radius 3 is 2.57 bits per heavy atom. The highest BCUT2D eigenvalue weighted by Crippen LogP contribution is 2.18. The van der Waals surface area contributed by atoms with E-state index in [-0.39, 0.29) is 11.5 Å². The number of anilines is 1. The van der Waals surface area contributed by atoms with Gasteiger partial charge in [-0.15, -0.1) is 0 Å². The van der Waals surface area contributed by atoms with Gasteiger partial charge in [0.15, 0.2) is 5.78 Å². The molecule has 1 N–H and O–H groups in total. The maximum absolute atomic E-state index is 13.5. The van der Waals surface area contributed by atoms with Gasteiger partial charge in [-0.05, 0) is 30.2 Å². The van der Waals surface area contributed by atoms with Crippen LogP contribution >= 0.6 is 11.6 Å². The number of hydrogen-bond donors (Lipinski definition) is 1. The van der Waals surface area contributed by atoms with Gasteiger partial charge in [0, 0.05) is 22.9 Å².